The van der Waals surface area contributed by atoms with Gasteiger partial charge < -0.3 is 19.6 Å². The number of furan rings is 1. The number of hydrogen-bond donors (Lipinski definition) is 2. The summed E-state index contributed by atoms with van der Waals surface area (Å²) in [5.41, 5.74) is 0.233. The van der Waals surface area contributed by atoms with Gasteiger partial charge in [-0.3, -0.25) is 0 Å². The number of carboxylic acids is 1. The summed E-state index contributed by atoms with van der Waals surface area (Å²) in [5, 5.41) is 12.1. The first-order valence-electron chi connectivity index (χ1n) is 6.61. The van der Waals surface area contributed by atoms with Crippen LogP contribution in [0.3, 0.4) is 0 Å². The van der Waals surface area contributed by atoms with Crippen molar-refractivity contribution in [2.75, 3.05) is 19.8 Å². The third kappa shape index (κ3) is 5.89. The highest BCUT2D eigenvalue weighted by Crippen LogP contribution is 2.14. The van der Waals surface area contributed by atoms with Crippen LogP contribution >= 0.6 is 0 Å². The summed E-state index contributed by atoms with van der Waals surface area (Å²) >= 11 is 0. The predicted molar refractivity (Wildman–Crippen MR) is 72.4 cm³/mol. The van der Waals surface area contributed by atoms with Crippen molar-refractivity contribution in [1.82, 2.24) is 5.32 Å². The van der Waals surface area contributed by atoms with Gasteiger partial charge in [0.15, 0.2) is 0 Å². The van der Waals surface area contributed by atoms with Crippen LogP contribution in [0.15, 0.2) is 10.5 Å². The highest BCUT2D eigenvalue weighted by Gasteiger charge is 2.12. The quantitative estimate of drug-likeness (QED) is 0.674. The smallest absolute Gasteiger partial charge is 0.339 e. The van der Waals surface area contributed by atoms with E-state index < -0.39 is 5.97 Å². The largest absolute Gasteiger partial charge is 0.478 e. The maximum atomic E-state index is 10.8. The standard InChI is InChI=1S/C14H23NO4/c1-10(2)9-18-6-4-5-15-8-12-7-13(14(16)17)11(3)19-12/h7,10,15H,4-6,8-9H2,1-3H3,(H,16,17). The Kier molecular flexibility index (Phi) is 6.59. The summed E-state index contributed by atoms with van der Waals surface area (Å²) < 4.78 is 10.8. The zero-order valence-corrected chi connectivity index (χ0v) is 11.9. The molecule has 0 fully saturated rings. The maximum Gasteiger partial charge on any atom is 0.339 e. The molecule has 0 atom stereocenters. The first-order chi connectivity index (χ1) is 9.00. The molecule has 1 aromatic rings. The Morgan fingerprint density at radius 3 is 2.84 bits per heavy atom. The minimum absolute atomic E-state index is 0.233. The van der Waals surface area contributed by atoms with Crippen molar-refractivity contribution < 1.29 is 19.1 Å². The predicted octanol–water partition coefficient (Wildman–Crippen LogP) is 2.44. The summed E-state index contributed by atoms with van der Waals surface area (Å²) in [6.07, 6.45) is 0.929. The van der Waals surface area contributed by atoms with E-state index in [0.717, 1.165) is 26.2 Å². The number of carbonyl (C=O) groups is 1. The summed E-state index contributed by atoms with van der Waals surface area (Å²) in [7, 11) is 0. The van der Waals surface area contributed by atoms with E-state index in [1.165, 1.54) is 0 Å². The molecule has 108 valence electrons. The molecule has 1 rings (SSSR count). The van der Waals surface area contributed by atoms with E-state index in [0.29, 0.717) is 24.0 Å². The van der Waals surface area contributed by atoms with Crippen LogP contribution < -0.4 is 5.32 Å². The van der Waals surface area contributed by atoms with Gasteiger partial charge >= 0.3 is 5.97 Å². The van der Waals surface area contributed by atoms with Crippen molar-refractivity contribution >= 4 is 5.97 Å². The molecule has 0 saturated heterocycles. The Labute approximate surface area is 113 Å². The fraction of sp³-hybridized carbons (Fsp3) is 0.643. The second-order valence-electron chi connectivity index (χ2n) is 4.99. The normalized spacial score (nSPS) is 11.2. The fourth-order valence-electron chi connectivity index (χ4n) is 1.67. The lowest BCUT2D eigenvalue weighted by Gasteiger charge is -2.06. The molecule has 0 amide bonds. The van der Waals surface area contributed by atoms with Gasteiger partial charge in [0.25, 0.3) is 0 Å². The highest BCUT2D eigenvalue weighted by molar-refractivity contribution is 5.88. The van der Waals surface area contributed by atoms with Gasteiger partial charge in [0.05, 0.1) is 6.54 Å². The number of aryl methyl sites for hydroxylation is 1. The maximum absolute atomic E-state index is 10.8. The van der Waals surface area contributed by atoms with E-state index >= 15 is 0 Å². The number of ether oxygens (including phenoxy) is 1. The molecule has 5 nitrogen and oxygen atoms in total. The third-order valence-electron chi connectivity index (χ3n) is 2.59. The van der Waals surface area contributed by atoms with Gasteiger partial charge in [-0.25, -0.2) is 4.79 Å². The Morgan fingerprint density at radius 1 is 1.53 bits per heavy atom. The van der Waals surface area contributed by atoms with E-state index in [9.17, 15) is 4.79 Å². The molecule has 0 saturated carbocycles. The minimum atomic E-state index is -0.949. The number of rotatable bonds is 9. The molecule has 1 aromatic heterocycles. The van der Waals surface area contributed by atoms with Crippen LogP contribution in [0.2, 0.25) is 0 Å². The van der Waals surface area contributed by atoms with E-state index in [-0.39, 0.29) is 5.56 Å². The van der Waals surface area contributed by atoms with Crippen LogP contribution in [0.5, 0.6) is 0 Å². The minimum Gasteiger partial charge on any atom is -0.478 e. The second kappa shape index (κ2) is 7.96. The molecule has 0 radical (unpaired) electrons. The zero-order valence-electron chi connectivity index (χ0n) is 11.9. The van der Waals surface area contributed by atoms with Crippen molar-refractivity contribution in [3.8, 4) is 0 Å². The molecule has 1 heterocycles. The number of hydrogen-bond acceptors (Lipinski definition) is 4. The SMILES string of the molecule is Cc1oc(CNCCCOCC(C)C)cc1C(=O)O. The van der Waals surface area contributed by atoms with Crippen LogP contribution in [-0.4, -0.2) is 30.8 Å². The fourth-order valence-corrected chi connectivity index (χ4v) is 1.67. The Balaban J connectivity index is 2.16. The van der Waals surface area contributed by atoms with Crippen molar-refractivity contribution in [2.24, 2.45) is 5.92 Å². The van der Waals surface area contributed by atoms with E-state index in [1.807, 2.05) is 0 Å². The van der Waals surface area contributed by atoms with Gasteiger partial charge in [0, 0.05) is 13.2 Å². The molecule has 19 heavy (non-hydrogen) atoms. The lowest BCUT2D eigenvalue weighted by molar-refractivity contribution is 0.0695. The molecule has 0 aliphatic carbocycles. The average molecular weight is 269 g/mol. The monoisotopic (exact) mass is 269 g/mol. The lowest BCUT2D eigenvalue weighted by atomic mass is 10.2. The van der Waals surface area contributed by atoms with Crippen molar-refractivity contribution in [3.63, 3.8) is 0 Å². The molecule has 2 N–H and O–H groups in total. The van der Waals surface area contributed by atoms with Crippen molar-refractivity contribution in [3.05, 3.63) is 23.2 Å². The Morgan fingerprint density at radius 2 is 2.26 bits per heavy atom. The van der Waals surface area contributed by atoms with Gasteiger partial charge in [-0.1, -0.05) is 13.8 Å². The first kappa shape index (κ1) is 15.7. The van der Waals surface area contributed by atoms with Gasteiger partial charge in [-0.05, 0) is 31.9 Å². The Hall–Kier alpha value is -1.33. The van der Waals surface area contributed by atoms with Gasteiger partial charge in [0.1, 0.15) is 17.1 Å². The summed E-state index contributed by atoms with van der Waals surface area (Å²) in [6.45, 7) is 8.79. The molecule has 0 aliphatic heterocycles. The van der Waals surface area contributed by atoms with Crippen LogP contribution in [0, 0.1) is 12.8 Å². The highest BCUT2D eigenvalue weighted by atomic mass is 16.5. The van der Waals surface area contributed by atoms with E-state index in [4.69, 9.17) is 14.3 Å². The second-order valence-corrected chi connectivity index (χ2v) is 4.99. The zero-order chi connectivity index (χ0) is 14.3. The first-order valence-corrected chi connectivity index (χ1v) is 6.61. The topological polar surface area (TPSA) is 71.7 Å². The van der Waals surface area contributed by atoms with Gasteiger partial charge in [-0.2, -0.15) is 0 Å². The van der Waals surface area contributed by atoms with Gasteiger partial charge in [0.2, 0.25) is 0 Å². The van der Waals surface area contributed by atoms with Crippen LogP contribution in [0.1, 0.15) is 42.1 Å². The number of aromatic carboxylic acids is 1. The molecular weight excluding hydrogens is 246 g/mol. The summed E-state index contributed by atoms with van der Waals surface area (Å²) in [4.78, 5) is 10.8. The lowest BCUT2D eigenvalue weighted by Crippen LogP contribution is -2.16. The third-order valence-corrected chi connectivity index (χ3v) is 2.59. The van der Waals surface area contributed by atoms with Crippen LogP contribution in [-0.2, 0) is 11.3 Å². The van der Waals surface area contributed by atoms with E-state index in [1.54, 1.807) is 13.0 Å². The summed E-state index contributed by atoms with van der Waals surface area (Å²) in [5.74, 6) is 0.714. The van der Waals surface area contributed by atoms with E-state index in [2.05, 4.69) is 19.2 Å². The Bertz CT molecular complexity index is 398. The van der Waals surface area contributed by atoms with Crippen LogP contribution in [0.25, 0.3) is 0 Å². The van der Waals surface area contributed by atoms with Gasteiger partial charge in [-0.15, -0.1) is 0 Å². The molecule has 0 aromatic carbocycles. The average Bonchev–Trinajstić information content (AvgIpc) is 2.69. The molecule has 0 aliphatic rings. The summed E-state index contributed by atoms with van der Waals surface area (Å²) in [6, 6.07) is 1.57. The molecule has 5 heteroatoms. The number of carboxylic acid groups (broad SMARTS) is 1. The molecule has 0 unspecified atom stereocenters. The van der Waals surface area contributed by atoms with Crippen LogP contribution in [0.4, 0.5) is 0 Å². The number of nitrogens with one attached hydrogen (secondary N) is 1. The molecule has 0 spiro atoms. The van der Waals surface area contributed by atoms with Crippen molar-refractivity contribution in [2.45, 2.75) is 33.7 Å². The molecular formula is C14H23NO4. The van der Waals surface area contributed by atoms with Crippen molar-refractivity contribution in [1.29, 1.82) is 0 Å². The molecule has 0 bridgehead atoms.